The Hall–Kier alpha value is -3.21. The number of hydroxylamine groups is 2. The van der Waals surface area contributed by atoms with Gasteiger partial charge in [0.25, 0.3) is 16.6 Å². The van der Waals surface area contributed by atoms with Crippen LogP contribution in [0.15, 0.2) is 146 Å². The van der Waals surface area contributed by atoms with Crippen LogP contribution in [0.4, 0.5) is 0 Å². The molecule has 0 radical (unpaired) electrons. The predicted octanol–water partition coefficient (Wildman–Crippen LogP) is 11.3. The van der Waals surface area contributed by atoms with Gasteiger partial charge in [-0.3, -0.25) is 14.4 Å². The minimum atomic E-state index is -2.50. The number of ether oxygens (including phenoxy) is 2. The Kier molecular flexibility index (Phi) is 33.6. The van der Waals surface area contributed by atoms with Crippen molar-refractivity contribution in [3.63, 3.8) is 0 Å². The van der Waals surface area contributed by atoms with Gasteiger partial charge in [0.1, 0.15) is 5.78 Å². The average Bonchev–Trinajstić information content (AvgIpc) is 3.96. The first kappa shape index (κ1) is 75.8. The van der Waals surface area contributed by atoms with E-state index in [4.69, 9.17) is 23.2 Å². The normalized spacial score (nSPS) is 18.8. The van der Waals surface area contributed by atoms with Gasteiger partial charge in [0, 0.05) is 32.1 Å². The molecule has 81 heavy (non-hydrogen) atoms. The van der Waals surface area contributed by atoms with E-state index in [1.54, 1.807) is 14.0 Å². The van der Waals surface area contributed by atoms with Gasteiger partial charge in [-0.1, -0.05) is 211 Å². The molecule has 2 saturated heterocycles. The molecular weight excluding hydrogens is 1070 g/mol. The maximum atomic E-state index is 12.3. The number of rotatable bonds is 27. The van der Waals surface area contributed by atoms with Gasteiger partial charge >= 0.3 is 23.1 Å². The largest absolute Gasteiger partial charge is 2.00 e. The van der Waals surface area contributed by atoms with Crippen molar-refractivity contribution in [3.8, 4) is 0 Å². The van der Waals surface area contributed by atoms with Crippen LogP contribution < -0.4 is 33.2 Å². The second-order valence-corrected chi connectivity index (χ2v) is 33.4. The Labute approximate surface area is 518 Å². The van der Waals surface area contributed by atoms with Crippen LogP contribution in [-0.2, 0) is 32.8 Å². The zero-order valence-electron chi connectivity index (χ0n) is 51.9. The Morgan fingerprint density at radius 3 is 1.19 bits per heavy atom. The van der Waals surface area contributed by atoms with Crippen molar-refractivity contribution in [1.29, 1.82) is 0 Å². The topological polar surface area (TPSA) is 83.5 Å². The molecule has 4 aromatic rings. The fourth-order valence-corrected chi connectivity index (χ4v) is 21.3. The van der Waals surface area contributed by atoms with E-state index in [9.17, 15) is 9.59 Å². The Morgan fingerprint density at radius 1 is 0.593 bits per heavy atom. The molecule has 0 N–H and O–H groups in total. The molecule has 2 heterocycles. The first-order valence-electron chi connectivity index (χ1n) is 29.0. The summed E-state index contributed by atoms with van der Waals surface area (Å²) in [5.74, 6) is 1.35. The van der Waals surface area contributed by atoms with Crippen LogP contribution in [0, 0.1) is 31.1 Å². The number of Topliss-reactive ketones (excluding diaryl/α,β-unsaturated/α-hetero) is 1. The van der Waals surface area contributed by atoms with Crippen LogP contribution in [0.1, 0.15) is 161 Å². The van der Waals surface area contributed by atoms with E-state index in [-0.39, 0.29) is 108 Å². The van der Waals surface area contributed by atoms with Gasteiger partial charge in [-0.05, 0) is 138 Å². The molecule has 0 aliphatic carbocycles. The molecule has 8 atom stereocenters. The Bertz CT molecular complexity index is 2340. The van der Waals surface area contributed by atoms with E-state index in [1.807, 2.05) is 13.8 Å². The van der Waals surface area contributed by atoms with Crippen molar-refractivity contribution in [3.05, 3.63) is 153 Å². The van der Waals surface area contributed by atoms with Gasteiger partial charge in [0.15, 0.2) is 0 Å². The molecule has 1 amide bonds. The van der Waals surface area contributed by atoms with Crippen molar-refractivity contribution >= 4 is 72.1 Å². The predicted molar refractivity (Wildman–Crippen MR) is 344 cm³/mol. The number of hydrogen-bond donors (Lipinski definition) is 0. The summed E-state index contributed by atoms with van der Waals surface area (Å²) < 4.78 is 27.0. The standard InChI is InChI=1S/C34H51NO4Si.C33H48O3Si.CH4.CH3.ClH.Mg/c1-26(24-28(3)33(36)35(7)37-8)21-22-32-27(2)25-29(39-32)16-15-23-38-40(34(4,5)6,30-17-11-9-12-18-30)31-19-13-10-14-20-31;1-25(23-26(2)28(4)34)20-21-32-27(3)24-29(36-32)15-14-22-35-37(33(5,6)7,30-16-10-8-11-17-30)31-18-12-9-13-19-31;;;;/h9-14,17-20,26,28-29,32H,2,15-16,21-25H2,1,3-8H3;8-13,16-19,25-26,29,32H,3,14-15,20-24H2,1-2,4-7H3;1H4;1H3;1H;/q;;;-1;;+2/p-1/t26-,28?,29+,32?;25-,26?,29+,32?;;;;/m11..../s1. The van der Waals surface area contributed by atoms with Crippen LogP contribution in [0.25, 0.3) is 0 Å². The molecule has 12 heteroatoms. The third kappa shape index (κ3) is 21.1. The van der Waals surface area contributed by atoms with Crippen molar-refractivity contribution in [2.75, 3.05) is 27.4 Å². The van der Waals surface area contributed by atoms with E-state index in [0.29, 0.717) is 18.4 Å². The zero-order valence-corrected chi connectivity index (χ0v) is 56.0. The van der Waals surface area contributed by atoms with E-state index in [2.05, 4.69) is 190 Å². The second kappa shape index (κ2) is 35.9. The summed E-state index contributed by atoms with van der Waals surface area (Å²) in [7, 11) is -1.80. The molecule has 0 aromatic heterocycles. The SMILES string of the molecule is C.C=C1C[C@H](CCCO[Si](c2ccccc2)(c2ccccc2)C(C)(C)C)OC1CC[C@@H](C)CC(C)C(=O)N(C)OC.C=C1C[C@H](CCCO[Si](c2ccccc2)(c2ccccc2)C(C)(C)C)OC1CC[C@@H](C)CC(C)C(C)=O.[CH3-].[Cl-].[Mg+2]. The molecule has 0 bridgehead atoms. The molecule has 2 aliphatic rings. The minimum absolute atomic E-state index is 0. The molecule has 2 aliphatic heterocycles. The van der Waals surface area contributed by atoms with Crippen LogP contribution >= 0.6 is 0 Å². The summed E-state index contributed by atoms with van der Waals surface area (Å²) in [6.07, 6.45) is 12.3. The molecule has 0 saturated carbocycles. The zero-order chi connectivity index (χ0) is 56.4. The minimum Gasteiger partial charge on any atom is -1.00 e. The molecule has 4 aromatic carbocycles. The van der Waals surface area contributed by atoms with Gasteiger partial charge in [-0.25, -0.2) is 5.06 Å². The fraction of sp³-hybridized carbons (Fsp3) is 0.551. The Morgan fingerprint density at radius 2 is 0.901 bits per heavy atom. The number of ketones is 1. The quantitative estimate of drug-likeness (QED) is 0.0193. The van der Waals surface area contributed by atoms with E-state index < -0.39 is 16.6 Å². The molecule has 6 rings (SSSR count). The van der Waals surface area contributed by atoms with Crippen molar-refractivity contribution in [2.45, 2.75) is 195 Å². The molecule has 8 nitrogen and oxygen atoms in total. The summed E-state index contributed by atoms with van der Waals surface area (Å²) in [5.41, 5.74) is 2.43. The number of carbonyl (C=O) groups is 2. The van der Waals surface area contributed by atoms with Crippen LogP contribution in [0.2, 0.25) is 10.1 Å². The smallest absolute Gasteiger partial charge is 1.00 e. The number of nitrogens with zero attached hydrogens (tertiary/aromatic N) is 1. The Balaban J connectivity index is 0.000000774. The number of halogens is 1. The van der Waals surface area contributed by atoms with Gasteiger partial charge in [0.05, 0.1) is 31.5 Å². The van der Waals surface area contributed by atoms with Crippen molar-refractivity contribution in [2.24, 2.45) is 23.7 Å². The molecule has 446 valence electrons. The van der Waals surface area contributed by atoms with Gasteiger partial charge in [0.2, 0.25) is 5.91 Å². The third-order valence-electron chi connectivity index (χ3n) is 16.5. The molecule has 0 spiro atoms. The maximum Gasteiger partial charge on any atom is 2.00 e. The third-order valence-corrected chi connectivity index (χ3v) is 26.6. The summed E-state index contributed by atoms with van der Waals surface area (Å²) in [5, 5.41) is 6.59. The van der Waals surface area contributed by atoms with Crippen LogP contribution in [0.5, 0.6) is 0 Å². The number of carbonyl (C=O) groups excluding carboxylic acids is 2. The molecular formula is C69H106ClMgNO7Si2. The summed E-state index contributed by atoms with van der Waals surface area (Å²) in [4.78, 5) is 29.0. The molecule has 2 fully saturated rings. The van der Waals surface area contributed by atoms with Gasteiger partial charge in [-0.2, -0.15) is 0 Å². The summed E-state index contributed by atoms with van der Waals surface area (Å²) >= 11 is 0. The fourth-order valence-electron chi connectivity index (χ4n) is 12.1. The number of hydrogen-bond acceptors (Lipinski definition) is 7. The van der Waals surface area contributed by atoms with E-state index in [1.165, 1.54) is 44.1 Å². The van der Waals surface area contributed by atoms with Crippen molar-refractivity contribution < 1.29 is 45.2 Å². The van der Waals surface area contributed by atoms with Gasteiger partial charge in [-0.15, -0.1) is 0 Å². The van der Waals surface area contributed by atoms with Crippen LogP contribution in [-0.4, -0.2) is 108 Å². The number of amides is 1. The van der Waals surface area contributed by atoms with E-state index >= 15 is 0 Å². The van der Waals surface area contributed by atoms with Gasteiger partial charge < -0.3 is 38.2 Å². The van der Waals surface area contributed by atoms with Crippen molar-refractivity contribution in [1.82, 2.24) is 5.06 Å². The second-order valence-electron chi connectivity index (χ2n) is 24.8. The average molecular weight is 1180 g/mol. The number of benzene rings is 4. The summed E-state index contributed by atoms with van der Waals surface area (Å²) in [6.45, 7) is 34.2. The monoisotopic (exact) mass is 1180 g/mol. The summed E-state index contributed by atoms with van der Waals surface area (Å²) in [6, 6.07) is 43.3. The first-order chi connectivity index (χ1) is 36.5. The first-order valence-corrected chi connectivity index (χ1v) is 32.8. The van der Waals surface area contributed by atoms with Crippen LogP contribution in [0.3, 0.4) is 0 Å². The van der Waals surface area contributed by atoms with E-state index in [0.717, 1.165) is 83.7 Å². The molecule has 4 unspecified atom stereocenters. The maximum absolute atomic E-state index is 12.3.